The van der Waals surface area contributed by atoms with Crippen LogP contribution in [0.25, 0.3) is 0 Å². The van der Waals surface area contributed by atoms with Gasteiger partial charge in [-0.05, 0) is 18.2 Å². The van der Waals surface area contributed by atoms with Crippen molar-refractivity contribution < 1.29 is 4.92 Å². The third-order valence-corrected chi connectivity index (χ3v) is 3.01. The fourth-order valence-electron chi connectivity index (χ4n) is 1.50. The number of rotatable bonds is 4. The topological polar surface area (TPSA) is 67.5 Å². The predicted molar refractivity (Wildman–Crippen MR) is 80.8 cm³/mol. The first-order chi connectivity index (χ1) is 9.58. The average Bonchev–Trinajstić information content (AvgIpc) is 2.41. The number of hydrazone groups is 1. The first-order valence-corrected chi connectivity index (χ1v) is 6.31. The van der Waals surface area contributed by atoms with Gasteiger partial charge < -0.3 is 0 Å². The van der Waals surface area contributed by atoms with Gasteiger partial charge in [-0.2, -0.15) is 5.10 Å². The van der Waals surface area contributed by atoms with Gasteiger partial charge in [0.2, 0.25) is 0 Å². The summed E-state index contributed by atoms with van der Waals surface area (Å²) in [5.74, 6) is 0. The fourth-order valence-corrected chi connectivity index (χ4v) is 1.96. The van der Waals surface area contributed by atoms with E-state index in [0.717, 1.165) is 0 Å². The number of nitro groups is 1. The van der Waals surface area contributed by atoms with Crippen LogP contribution in [0.2, 0.25) is 10.0 Å². The van der Waals surface area contributed by atoms with Gasteiger partial charge in [0.15, 0.2) is 0 Å². The molecule has 0 unspecified atom stereocenters. The normalized spacial score (nSPS) is 10.7. The minimum atomic E-state index is -0.479. The van der Waals surface area contributed by atoms with E-state index in [2.05, 4.69) is 10.5 Å². The molecule has 2 rings (SSSR count). The van der Waals surface area contributed by atoms with E-state index in [0.29, 0.717) is 21.3 Å². The summed E-state index contributed by atoms with van der Waals surface area (Å²) in [6, 6.07) is 11.2. The van der Waals surface area contributed by atoms with E-state index in [4.69, 9.17) is 23.2 Å². The summed E-state index contributed by atoms with van der Waals surface area (Å²) in [5.41, 5.74) is 3.53. The maximum absolute atomic E-state index is 10.8. The molecule has 20 heavy (non-hydrogen) atoms. The first kappa shape index (κ1) is 14.3. The summed E-state index contributed by atoms with van der Waals surface area (Å²) in [6.45, 7) is 0. The monoisotopic (exact) mass is 309 g/mol. The van der Waals surface area contributed by atoms with Gasteiger partial charge in [-0.15, -0.1) is 0 Å². The minimum absolute atomic E-state index is 0.0492. The number of hydrogen-bond acceptors (Lipinski definition) is 4. The zero-order chi connectivity index (χ0) is 14.5. The van der Waals surface area contributed by atoms with Gasteiger partial charge in [0.25, 0.3) is 5.69 Å². The van der Waals surface area contributed by atoms with Gasteiger partial charge in [-0.3, -0.25) is 15.5 Å². The molecule has 0 radical (unpaired) electrons. The molecule has 1 N–H and O–H groups in total. The largest absolute Gasteiger partial charge is 0.294 e. The Morgan fingerprint density at radius 2 is 1.95 bits per heavy atom. The van der Waals surface area contributed by atoms with Crippen molar-refractivity contribution in [1.82, 2.24) is 0 Å². The lowest BCUT2D eigenvalue weighted by Crippen LogP contribution is -1.96. The molecule has 0 aliphatic heterocycles. The van der Waals surface area contributed by atoms with Crippen LogP contribution in [0.4, 0.5) is 11.4 Å². The fraction of sp³-hybridized carbons (Fsp3) is 0. The number of nitrogens with zero attached hydrogens (tertiary/aromatic N) is 2. The highest BCUT2D eigenvalue weighted by molar-refractivity contribution is 6.36. The number of nitrogens with one attached hydrogen (secondary N) is 1. The Labute approximate surface area is 125 Å². The van der Waals surface area contributed by atoms with Gasteiger partial charge in [0, 0.05) is 16.7 Å². The lowest BCUT2D eigenvalue weighted by Gasteiger charge is -2.02. The van der Waals surface area contributed by atoms with Gasteiger partial charge >= 0.3 is 0 Å². The van der Waals surface area contributed by atoms with Gasteiger partial charge in [0.05, 0.1) is 16.2 Å². The molecule has 0 saturated heterocycles. The lowest BCUT2D eigenvalue weighted by molar-refractivity contribution is -0.384. The Hall–Kier alpha value is -2.11. The summed E-state index contributed by atoms with van der Waals surface area (Å²) >= 11 is 11.8. The second kappa shape index (κ2) is 6.36. The van der Waals surface area contributed by atoms with Gasteiger partial charge in [-0.25, -0.2) is 0 Å². The summed E-state index contributed by atoms with van der Waals surface area (Å²) in [4.78, 5) is 10.3. The molecule has 5 nitrogen and oxygen atoms in total. The van der Waals surface area contributed by atoms with E-state index < -0.39 is 4.92 Å². The van der Waals surface area contributed by atoms with Crippen LogP contribution in [-0.2, 0) is 0 Å². The maximum atomic E-state index is 10.8. The predicted octanol–water partition coefficient (Wildman–Crippen LogP) is 4.35. The van der Waals surface area contributed by atoms with Crippen molar-refractivity contribution >= 4 is 40.8 Å². The van der Waals surface area contributed by atoms with Crippen LogP contribution in [0.3, 0.4) is 0 Å². The van der Waals surface area contributed by atoms with E-state index in [1.54, 1.807) is 36.4 Å². The number of anilines is 1. The third kappa shape index (κ3) is 3.46. The number of benzene rings is 2. The van der Waals surface area contributed by atoms with E-state index in [1.165, 1.54) is 12.3 Å². The Balaban J connectivity index is 2.16. The quantitative estimate of drug-likeness (QED) is 0.518. The minimum Gasteiger partial charge on any atom is -0.272 e. The molecule has 2 aromatic rings. The summed E-state index contributed by atoms with van der Waals surface area (Å²) < 4.78 is 0. The van der Waals surface area contributed by atoms with Crippen molar-refractivity contribution in [3.63, 3.8) is 0 Å². The molecule has 0 aliphatic rings. The van der Waals surface area contributed by atoms with Gasteiger partial charge in [-0.1, -0.05) is 41.4 Å². The molecule has 0 aliphatic carbocycles. The van der Waals surface area contributed by atoms with Crippen LogP contribution in [0.1, 0.15) is 5.56 Å². The number of para-hydroxylation sites is 2. The molecular weight excluding hydrogens is 301 g/mol. The maximum Gasteiger partial charge on any atom is 0.294 e. The SMILES string of the molecule is O=[N+]([O-])c1ccccc1N/N=C\c1ccc(Cl)cc1Cl. The Bertz CT molecular complexity index is 674. The van der Waals surface area contributed by atoms with Crippen LogP contribution in [0, 0.1) is 10.1 Å². The zero-order valence-corrected chi connectivity index (χ0v) is 11.6. The van der Waals surface area contributed by atoms with E-state index in [9.17, 15) is 10.1 Å². The summed E-state index contributed by atoms with van der Waals surface area (Å²) in [6.07, 6.45) is 1.47. The Morgan fingerprint density at radius 1 is 1.20 bits per heavy atom. The highest BCUT2D eigenvalue weighted by atomic mass is 35.5. The molecular formula is C13H9Cl2N3O2. The molecule has 0 heterocycles. The van der Waals surface area contributed by atoms with Crippen molar-refractivity contribution in [2.45, 2.75) is 0 Å². The lowest BCUT2D eigenvalue weighted by atomic mass is 10.2. The molecule has 0 amide bonds. The molecule has 2 aromatic carbocycles. The van der Waals surface area contributed by atoms with Crippen LogP contribution in [0.15, 0.2) is 47.6 Å². The average molecular weight is 310 g/mol. The van der Waals surface area contributed by atoms with Crippen molar-refractivity contribution in [2.24, 2.45) is 5.10 Å². The highest BCUT2D eigenvalue weighted by Gasteiger charge is 2.10. The Morgan fingerprint density at radius 3 is 2.65 bits per heavy atom. The molecule has 0 bridgehead atoms. The van der Waals surface area contributed by atoms with Crippen molar-refractivity contribution in [3.05, 3.63) is 68.2 Å². The van der Waals surface area contributed by atoms with Crippen molar-refractivity contribution in [1.29, 1.82) is 0 Å². The smallest absolute Gasteiger partial charge is 0.272 e. The number of nitro benzene ring substituents is 1. The van der Waals surface area contributed by atoms with E-state index in [1.807, 2.05) is 0 Å². The first-order valence-electron chi connectivity index (χ1n) is 5.55. The second-order valence-corrected chi connectivity index (χ2v) is 4.65. The van der Waals surface area contributed by atoms with Crippen LogP contribution < -0.4 is 5.43 Å². The molecule has 0 spiro atoms. The summed E-state index contributed by atoms with van der Waals surface area (Å²) in [7, 11) is 0. The molecule has 102 valence electrons. The standard InChI is InChI=1S/C13H9Cl2N3O2/c14-10-6-5-9(11(15)7-10)8-16-17-12-3-1-2-4-13(12)18(19)20/h1-8,17H/b16-8-. The highest BCUT2D eigenvalue weighted by Crippen LogP contribution is 2.23. The molecule has 0 aromatic heterocycles. The zero-order valence-electron chi connectivity index (χ0n) is 10.1. The molecule has 0 saturated carbocycles. The molecule has 0 atom stereocenters. The van der Waals surface area contributed by atoms with Crippen LogP contribution in [-0.4, -0.2) is 11.1 Å². The Kier molecular flexibility index (Phi) is 4.55. The second-order valence-electron chi connectivity index (χ2n) is 3.81. The van der Waals surface area contributed by atoms with E-state index >= 15 is 0 Å². The van der Waals surface area contributed by atoms with Crippen LogP contribution >= 0.6 is 23.2 Å². The number of hydrogen-bond donors (Lipinski definition) is 1. The van der Waals surface area contributed by atoms with Crippen molar-refractivity contribution in [2.75, 3.05) is 5.43 Å². The van der Waals surface area contributed by atoms with E-state index in [-0.39, 0.29) is 5.69 Å². The van der Waals surface area contributed by atoms with Gasteiger partial charge in [0.1, 0.15) is 5.69 Å². The third-order valence-electron chi connectivity index (χ3n) is 2.45. The molecule has 7 heteroatoms. The van der Waals surface area contributed by atoms with Crippen LogP contribution in [0.5, 0.6) is 0 Å². The number of halogens is 2. The van der Waals surface area contributed by atoms with Crippen molar-refractivity contribution in [3.8, 4) is 0 Å². The molecule has 0 fully saturated rings. The summed E-state index contributed by atoms with van der Waals surface area (Å²) in [5, 5.41) is 15.7.